The monoisotopic (exact) mass is 269 g/mol. The van der Waals surface area contributed by atoms with Crippen molar-refractivity contribution >= 4 is 11.6 Å². The van der Waals surface area contributed by atoms with Gasteiger partial charge < -0.3 is 20.2 Å². The van der Waals surface area contributed by atoms with Gasteiger partial charge >= 0.3 is 0 Å². The highest BCUT2D eigenvalue weighted by Gasteiger charge is 2.09. The molecule has 1 aromatic heterocycles. The zero-order chi connectivity index (χ0) is 14.1. The van der Waals surface area contributed by atoms with E-state index in [1.807, 2.05) is 13.0 Å². The zero-order valence-electron chi connectivity index (χ0n) is 11.6. The Morgan fingerprint density at radius 3 is 2.74 bits per heavy atom. The summed E-state index contributed by atoms with van der Waals surface area (Å²) in [6, 6.07) is 1.81. The standard InChI is InChI=1S/C12H23N5O2/c1-3-10-14-11(16-13)9-12(15-10)17(4-2)5-7-19-8-6-18/h9,18H,3-8,13H2,1-2H3,(H,14,15,16). The SMILES string of the molecule is CCc1nc(NN)cc(N(CC)CCOCCO)n1. The van der Waals surface area contributed by atoms with Crippen LogP contribution >= 0.6 is 0 Å². The molecule has 0 bridgehead atoms. The predicted molar refractivity (Wildman–Crippen MR) is 75.0 cm³/mol. The highest BCUT2D eigenvalue weighted by atomic mass is 16.5. The number of aliphatic hydroxyl groups is 1. The van der Waals surface area contributed by atoms with Crippen molar-refractivity contribution < 1.29 is 9.84 Å². The Labute approximate surface area is 113 Å². The van der Waals surface area contributed by atoms with E-state index in [0.29, 0.717) is 25.6 Å². The summed E-state index contributed by atoms with van der Waals surface area (Å²) in [5.41, 5.74) is 2.56. The summed E-state index contributed by atoms with van der Waals surface area (Å²) < 4.78 is 5.27. The Hall–Kier alpha value is -1.44. The number of aliphatic hydroxyl groups excluding tert-OH is 1. The van der Waals surface area contributed by atoms with E-state index in [2.05, 4.69) is 27.2 Å². The fourth-order valence-corrected chi connectivity index (χ4v) is 1.65. The lowest BCUT2D eigenvalue weighted by Crippen LogP contribution is -2.29. The maximum absolute atomic E-state index is 8.66. The molecule has 4 N–H and O–H groups in total. The van der Waals surface area contributed by atoms with E-state index < -0.39 is 0 Å². The van der Waals surface area contributed by atoms with Crippen LogP contribution in [0.25, 0.3) is 0 Å². The fourth-order valence-electron chi connectivity index (χ4n) is 1.65. The molecule has 1 aromatic rings. The van der Waals surface area contributed by atoms with Crippen molar-refractivity contribution in [2.24, 2.45) is 5.84 Å². The van der Waals surface area contributed by atoms with E-state index in [4.69, 9.17) is 15.7 Å². The summed E-state index contributed by atoms with van der Waals surface area (Å²) >= 11 is 0. The third kappa shape index (κ3) is 4.98. The number of aryl methyl sites for hydroxylation is 1. The lowest BCUT2D eigenvalue weighted by molar-refractivity contribution is 0.0967. The number of anilines is 2. The molecule has 0 spiro atoms. The highest BCUT2D eigenvalue weighted by molar-refractivity contribution is 5.48. The van der Waals surface area contributed by atoms with Crippen LogP contribution in [0.4, 0.5) is 11.6 Å². The summed E-state index contributed by atoms with van der Waals surface area (Å²) in [6.07, 6.45) is 0.751. The van der Waals surface area contributed by atoms with Crippen molar-refractivity contribution in [3.63, 3.8) is 0 Å². The lowest BCUT2D eigenvalue weighted by Gasteiger charge is -2.22. The lowest BCUT2D eigenvalue weighted by atomic mass is 10.4. The maximum atomic E-state index is 8.66. The summed E-state index contributed by atoms with van der Waals surface area (Å²) in [5.74, 6) is 7.60. The number of rotatable bonds is 9. The van der Waals surface area contributed by atoms with Crippen LogP contribution < -0.4 is 16.2 Å². The maximum Gasteiger partial charge on any atom is 0.145 e. The number of nitrogens with one attached hydrogen (secondary N) is 1. The van der Waals surface area contributed by atoms with E-state index in [-0.39, 0.29) is 6.61 Å². The minimum absolute atomic E-state index is 0.0425. The minimum atomic E-state index is 0.0425. The second-order valence-electron chi connectivity index (χ2n) is 3.94. The number of hydrazine groups is 1. The predicted octanol–water partition coefficient (Wildman–Crippen LogP) is 0.160. The number of nitrogen functional groups attached to an aromatic ring is 1. The molecule has 0 fully saturated rings. The molecule has 0 aliphatic carbocycles. The van der Waals surface area contributed by atoms with Crippen molar-refractivity contribution in [2.45, 2.75) is 20.3 Å². The van der Waals surface area contributed by atoms with Crippen molar-refractivity contribution in [3.8, 4) is 0 Å². The topological polar surface area (TPSA) is 96.5 Å². The van der Waals surface area contributed by atoms with Crippen LogP contribution in [-0.4, -0.2) is 48.0 Å². The number of aromatic nitrogens is 2. The summed E-state index contributed by atoms with van der Waals surface area (Å²) in [4.78, 5) is 10.8. The molecule has 7 nitrogen and oxygen atoms in total. The van der Waals surface area contributed by atoms with Gasteiger partial charge in [-0.3, -0.25) is 0 Å². The molecule has 0 aliphatic rings. The smallest absolute Gasteiger partial charge is 0.145 e. The average molecular weight is 269 g/mol. The largest absolute Gasteiger partial charge is 0.394 e. The van der Waals surface area contributed by atoms with Crippen LogP contribution in [0.5, 0.6) is 0 Å². The van der Waals surface area contributed by atoms with Gasteiger partial charge in [0.2, 0.25) is 0 Å². The second kappa shape index (κ2) is 8.63. The van der Waals surface area contributed by atoms with Crippen LogP contribution in [0.3, 0.4) is 0 Å². The molecule has 0 saturated heterocycles. The molecule has 0 atom stereocenters. The number of nitrogens with zero attached hydrogens (tertiary/aromatic N) is 3. The van der Waals surface area contributed by atoms with E-state index in [0.717, 1.165) is 24.6 Å². The van der Waals surface area contributed by atoms with Crippen molar-refractivity contribution in [1.82, 2.24) is 9.97 Å². The summed E-state index contributed by atoms with van der Waals surface area (Å²) in [6.45, 7) is 6.52. The normalized spacial score (nSPS) is 10.5. The third-order valence-electron chi connectivity index (χ3n) is 2.67. The molecule has 0 amide bonds. The van der Waals surface area contributed by atoms with Gasteiger partial charge in [0, 0.05) is 25.6 Å². The van der Waals surface area contributed by atoms with E-state index in [1.165, 1.54) is 0 Å². The quantitative estimate of drug-likeness (QED) is 0.334. The average Bonchev–Trinajstić information content (AvgIpc) is 2.46. The van der Waals surface area contributed by atoms with Crippen LogP contribution in [0.2, 0.25) is 0 Å². The van der Waals surface area contributed by atoms with Crippen LogP contribution in [0.15, 0.2) is 6.07 Å². The minimum Gasteiger partial charge on any atom is -0.394 e. The molecule has 0 radical (unpaired) electrons. The van der Waals surface area contributed by atoms with Crippen LogP contribution in [0.1, 0.15) is 19.7 Å². The van der Waals surface area contributed by atoms with Crippen molar-refractivity contribution in [1.29, 1.82) is 0 Å². The molecule has 0 aromatic carbocycles. The summed E-state index contributed by atoms with van der Waals surface area (Å²) in [5, 5.41) is 8.66. The number of likely N-dealkylation sites (N-methyl/N-ethyl adjacent to an activating group) is 1. The highest BCUT2D eigenvalue weighted by Crippen LogP contribution is 2.15. The van der Waals surface area contributed by atoms with Gasteiger partial charge in [0.25, 0.3) is 0 Å². The van der Waals surface area contributed by atoms with Gasteiger partial charge in [-0.1, -0.05) is 6.92 Å². The van der Waals surface area contributed by atoms with E-state index in [1.54, 1.807) is 0 Å². The number of hydrogen-bond donors (Lipinski definition) is 3. The first kappa shape index (κ1) is 15.6. The summed E-state index contributed by atoms with van der Waals surface area (Å²) in [7, 11) is 0. The molecular weight excluding hydrogens is 246 g/mol. The number of ether oxygens (including phenoxy) is 1. The molecule has 7 heteroatoms. The molecule has 0 aliphatic heterocycles. The Morgan fingerprint density at radius 1 is 1.37 bits per heavy atom. The van der Waals surface area contributed by atoms with E-state index in [9.17, 15) is 0 Å². The van der Waals surface area contributed by atoms with Gasteiger partial charge in [-0.15, -0.1) is 0 Å². The Morgan fingerprint density at radius 2 is 2.16 bits per heavy atom. The van der Waals surface area contributed by atoms with Crippen LogP contribution in [0, 0.1) is 0 Å². The van der Waals surface area contributed by atoms with Gasteiger partial charge in [-0.25, -0.2) is 15.8 Å². The first-order chi connectivity index (χ1) is 9.24. The zero-order valence-corrected chi connectivity index (χ0v) is 11.6. The molecular formula is C12H23N5O2. The van der Waals surface area contributed by atoms with Gasteiger partial charge in [-0.05, 0) is 6.92 Å². The first-order valence-electron chi connectivity index (χ1n) is 6.53. The number of nitrogens with two attached hydrogens (primary N) is 1. The van der Waals surface area contributed by atoms with Crippen LogP contribution in [-0.2, 0) is 11.2 Å². The molecule has 0 unspecified atom stereocenters. The molecule has 108 valence electrons. The Balaban J connectivity index is 2.73. The molecule has 1 rings (SSSR count). The Kier molecular flexibility index (Phi) is 7.09. The third-order valence-corrected chi connectivity index (χ3v) is 2.67. The first-order valence-corrected chi connectivity index (χ1v) is 6.53. The van der Waals surface area contributed by atoms with Crippen molar-refractivity contribution in [2.75, 3.05) is 43.2 Å². The fraction of sp³-hybridized carbons (Fsp3) is 0.667. The molecule has 1 heterocycles. The molecule has 0 saturated carbocycles. The van der Waals surface area contributed by atoms with Gasteiger partial charge in [0.1, 0.15) is 17.5 Å². The van der Waals surface area contributed by atoms with E-state index >= 15 is 0 Å². The van der Waals surface area contributed by atoms with Gasteiger partial charge in [0.15, 0.2) is 0 Å². The van der Waals surface area contributed by atoms with Gasteiger partial charge in [-0.2, -0.15) is 0 Å². The van der Waals surface area contributed by atoms with Crippen molar-refractivity contribution in [3.05, 3.63) is 11.9 Å². The Bertz CT molecular complexity index is 353. The second-order valence-corrected chi connectivity index (χ2v) is 3.94. The number of hydrogen-bond acceptors (Lipinski definition) is 7. The van der Waals surface area contributed by atoms with Gasteiger partial charge in [0.05, 0.1) is 19.8 Å². The molecule has 19 heavy (non-hydrogen) atoms.